The Hall–Kier alpha value is -5.78. The van der Waals surface area contributed by atoms with Crippen molar-refractivity contribution >= 4 is 23.3 Å². The zero-order chi connectivity index (χ0) is 36.2. The van der Waals surface area contributed by atoms with Crippen LogP contribution in [0.3, 0.4) is 0 Å². The first-order chi connectivity index (χ1) is 24.0. The molecule has 0 unspecified atom stereocenters. The second-order valence-corrected chi connectivity index (χ2v) is 11.7. The fourth-order valence-electron chi connectivity index (χ4n) is 5.32. The molecule has 0 aliphatic heterocycles. The Morgan fingerprint density at radius 1 is 0.560 bits per heavy atom. The monoisotopic (exact) mass is 684 g/mol. The maximum absolute atomic E-state index is 12.9. The van der Waals surface area contributed by atoms with Crippen molar-refractivity contribution in [2.24, 2.45) is 0 Å². The quantitative estimate of drug-likeness (QED) is 0.0345. The van der Waals surface area contributed by atoms with Crippen molar-refractivity contribution in [1.29, 1.82) is 0 Å². The Kier molecular flexibility index (Phi) is 13.0. The number of nitrogens with zero attached hydrogens (tertiary/aromatic N) is 2. The number of aryl methyl sites for hydroxylation is 2. The van der Waals surface area contributed by atoms with Crippen LogP contribution in [0.5, 0.6) is 23.0 Å². The normalized spacial score (nSPS) is 10.7. The van der Waals surface area contributed by atoms with Gasteiger partial charge in [-0.2, -0.15) is 0 Å². The van der Waals surface area contributed by atoms with Gasteiger partial charge in [-0.15, -0.1) is 0 Å². The molecule has 0 amide bonds. The molecule has 4 aromatic rings. The summed E-state index contributed by atoms with van der Waals surface area (Å²) in [5, 5.41) is 24.6. The highest BCUT2D eigenvalue weighted by Crippen LogP contribution is 2.44. The summed E-state index contributed by atoms with van der Waals surface area (Å²) >= 11 is 0. The van der Waals surface area contributed by atoms with E-state index in [-0.39, 0.29) is 44.9 Å². The van der Waals surface area contributed by atoms with E-state index in [1.165, 1.54) is 50.2 Å². The molecule has 262 valence electrons. The predicted octanol–water partition coefficient (Wildman–Crippen LogP) is 9.36. The number of ether oxygens (including phenoxy) is 4. The van der Waals surface area contributed by atoms with Gasteiger partial charge in [0.2, 0.25) is 0 Å². The van der Waals surface area contributed by atoms with Crippen molar-refractivity contribution in [3.63, 3.8) is 0 Å². The van der Waals surface area contributed by atoms with Crippen LogP contribution in [-0.2, 0) is 0 Å². The van der Waals surface area contributed by atoms with Crippen LogP contribution in [0.15, 0.2) is 72.8 Å². The topological polar surface area (TPSA) is 157 Å². The summed E-state index contributed by atoms with van der Waals surface area (Å²) in [6, 6.07) is 17.6. The first-order valence-corrected chi connectivity index (χ1v) is 16.5. The predicted molar refractivity (Wildman–Crippen MR) is 188 cm³/mol. The van der Waals surface area contributed by atoms with Gasteiger partial charge in [-0.3, -0.25) is 20.2 Å². The minimum Gasteiger partial charge on any atom is -0.494 e. The molecule has 0 aliphatic rings. The summed E-state index contributed by atoms with van der Waals surface area (Å²) in [6.07, 6.45) is 6.07. The molecule has 0 atom stereocenters. The lowest BCUT2D eigenvalue weighted by Crippen LogP contribution is -2.10. The van der Waals surface area contributed by atoms with Crippen LogP contribution in [0, 0.1) is 34.1 Å². The van der Waals surface area contributed by atoms with Gasteiger partial charge in [0.05, 0.1) is 57.4 Å². The van der Waals surface area contributed by atoms with Crippen LogP contribution in [0.25, 0.3) is 11.1 Å². The van der Waals surface area contributed by atoms with Gasteiger partial charge in [0.25, 0.3) is 11.4 Å². The largest absolute Gasteiger partial charge is 0.494 e. The van der Waals surface area contributed by atoms with E-state index in [0.29, 0.717) is 24.7 Å². The van der Waals surface area contributed by atoms with Gasteiger partial charge in [0, 0.05) is 0 Å². The highest BCUT2D eigenvalue weighted by atomic mass is 16.6. The van der Waals surface area contributed by atoms with Crippen LogP contribution >= 0.6 is 0 Å². The lowest BCUT2D eigenvalue weighted by atomic mass is 9.93. The smallest absolute Gasteiger partial charge is 0.343 e. The van der Waals surface area contributed by atoms with Gasteiger partial charge in [0.15, 0.2) is 0 Å². The first-order valence-electron chi connectivity index (χ1n) is 16.5. The molecule has 0 fully saturated rings. The van der Waals surface area contributed by atoms with Crippen LogP contribution in [0.4, 0.5) is 11.4 Å². The Balaban J connectivity index is 1.56. The number of hydrogen-bond acceptors (Lipinski definition) is 10. The number of esters is 2. The molecule has 0 aliphatic carbocycles. The standard InChI is InChI=1S/C38H40N2O10/c1-5-7-9-19-47-29-15-11-27(12-16-29)37(41)49-31-21-25(3)35(33(23-31)39(43)44)36-26(4)22-32(24-34(36)40(45)46)50-38(42)28-13-17-30(18-14-28)48-20-10-8-6-2/h11-18,21-24H,5-10,19-20H2,1-4H3. The van der Waals surface area contributed by atoms with E-state index < -0.39 is 33.2 Å². The first kappa shape index (κ1) is 37.0. The Bertz CT molecular complexity index is 1700. The lowest BCUT2D eigenvalue weighted by Gasteiger charge is -2.14. The number of carbonyl (C=O) groups is 2. The number of nitro groups is 2. The van der Waals surface area contributed by atoms with Gasteiger partial charge >= 0.3 is 11.9 Å². The number of hydrogen-bond donors (Lipinski definition) is 0. The number of unbranched alkanes of at least 4 members (excludes halogenated alkanes) is 4. The van der Waals surface area contributed by atoms with Crippen LogP contribution in [-0.4, -0.2) is 35.0 Å². The summed E-state index contributed by atoms with van der Waals surface area (Å²) in [5.74, 6) is -0.498. The van der Waals surface area contributed by atoms with Crippen molar-refractivity contribution < 1.29 is 38.4 Å². The van der Waals surface area contributed by atoms with E-state index in [4.69, 9.17) is 18.9 Å². The molecule has 0 radical (unpaired) electrons. The van der Waals surface area contributed by atoms with Crippen LogP contribution in [0.2, 0.25) is 0 Å². The van der Waals surface area contributed by atoms with Crippen molar-refractivity contribution in [3.8, 4) is 34.1 Å². The molecule has 0 N–H and O–H groups in total. The van der Waals surface area contributed by atoms with Gasteiger partial charge in [-0.25, -0.2) is 9.59 Å². The van der Waals surface area contributed by atoms with Gasteiger partial charge in [-0.1, -0.05) is 39.5 Å². The van der Waals surface area contributed by atoms with E-state index in [1.807, 2.05) is 0 Å². The number of carbonyl (C=O) groups excluding carboxylic acids is 2. The number of nitro benzene ring substituents is 2. The average Bonchev–Trinajstić information content (AvgIpc) is 3.09. The third kappa shape index (κ3) is 9.65. The van der Waals surface area contributed by atoms with E-state index in [0.717, 1.165) is 50.7 Å². The minimum atomic E-state index is -0.744. The van der Waals surface area contributed by atoms with Crippen molar-refractivity contribution in [2.75, 3.05) is 13.2 Å². The molecule has 0 aromatic heterocycles. The third-order valence-electron chi connectivity index (χ3n) is 7.85. The average molecular weight is 685 g/mol. The van der Waals surface area contributed by atoms with E-state index in [9.17, 15) is 29.8 Å². The van der Waals surface area contributed by atoms with Gasteiger partial charge in [0.1, 0.15) is 23.0 Å². The zero-order valence-corrected chi connectivity index (χ0v) is 28.6. The number of rotatable bonds is 17. The van der Waals surface area contributed by atoms with E-state index in [2.05, 4.69) is 13.8 Å². The second-order valence-electron chi connectivity index (χ2n) is 11.7. The molecule has 0 spiro atoms. The molecule has 12 nitrogen and oxygen atoms in total. The van der Waals surface area contributed by atoms with Crippen LogP contribution in [0.1, 0.15) is 84.2 Å². The molecule has 0 saturated carbocycles. The Morgan fingerprint density at radius 2 is 0.920 bits per heavy atom. The van der Waals surface area contributed by atoms with Crippen molar-refractivity contribution in [1.82, 2.24) is 0 Å². The molecule has 4 aromatic carbocycles. The summed E-state index contributed by atoms with van der Waals surface area (Å²) in [6.45, 7) is 8.36. The van der Waals surface area contributed by atoms with Crippen molar-refractivity contribution in [3.05, 3.63) is 115 Å². The SMILES string of the molecule is CCCCCOc1ccc(C(=O)Oc2cc(C)c(-c3c(C)cc(OC(=O)c4ccc(OCCCCC)cc4)cc3[N+](=O)[O-])c([N+](=O)[O-])c2)cc1. The summed E-state index contributed by atoms with van der Waals surface area (Å²) in [4.78, 5) is 49.0. The third-order valence-corrected chi connectivity index (χ3v) is 7.85. The minimum absolute atomic E-state index is 0.0315. The highest BCUT2D eigenvalue weighted by molar-refractivity contribution is 5.93. The fourth-order valence-corrected chi connectivity index (χ4v) is 5.32. The zero-order valence-electron chi connectivity index (χ0n) is 28.6. The molecular weight excluding hydrogens is 644 g/mol. The van der Waals surface area contributed by atoms with Gasteiger partial charge < -0.3 is 18.9 Å². The van der Waals surface area contributed by atoms with Gasteiger partial charge in [-0.05, 0) is 98.5 Å². The second kappa shape index (κ2) is 17.6. The number of benzene rings is 4. The molecule has 0 saturated heterocycles. The maximum atomic E-state index is 12.9. The molecule has 4 rings (SSSR count). The van der Waals surface area contributed by atoms with Crippen LogP contribution < -0.4 is 18.9 Å². The maximum Gasteiger partial charge on any atom is 0.343 e. The molecule has 50 heavy (non-hydrogen) atoms. The highest BCUT2D eigenvalue weighted by Gasteiger charge is 2.30. The molecule has 12 heteroatoms. The summed E-state index contributed by atoms with van der Waals surface area (Å²) in [5.41, 5.74) is -0.145. The molecule has 0 bridgehead atoms. The van der Waals surface area contributed by atoms with E-state index in [1.54, 1.807) is 24.3 Å². The van der Waals surface area contributed by atoms with E-state index >= 15 is 0 Å². The summed E-state index contributed by atoms with van der Waals surface area (Å²) < 4.78 is 22.3. The lowest BCUT2D eigenvalue weighted by molar-refractivity contribution is -0.386. The molecular formula is C38H40N2O10. The Morgan fingerprint density at radius 3 is 1.24 bits per heavy atom. The molecule has 0 heterocycles. The Labute approximate surface area is 290 Å². The fraction of sp³-hybridized carbons (Fsp3) is 0.316. The van der Waals surface area contributed by atoms with Crippen molar-refractivity contribution in [2.45, 2.75) is 66.2 Å². The summed E-state index contributed by atoms with van der Waals surface area (Å²) in [7, 11) is 0.